The first-order valence-corrected chi connectivity index (χ1v) is 11.7. The Hall–Kier alpha value is -1.71. The first kappa shape index (κ1) is 21.0. The standard InChI is InChI=1S/C19H30N4O4S/c24-19(16-27-17-6-2-1-3-7-17)21-10-15-28(25,26)23-13-11-22(12-14-23)18-8-4-5-9-20-18/h4-5,8-9,17H,1-3,6-7,10-16H2,(H,21,24). The van der Waals surface area contributed by atoms with Crippen molar-refractivity contribution in [3.63, 3.8) is 0 Å². The van der Waals surface area contributed by atoms with Crippen LogP contribution in [0, 0.1) is 0 Å². The molecule has 1 saturated carbocycles. The quantitative estimate of drug-likeness (QED) is 0.687. The maximum atomic E-state index is 12.5. The maximum Gasteiger partial charge on any atom is 0.246 e. The van der Waals surface area contributed by atoms with Crippen LogP contribution in [0.25, 0.3) is 0 Å². The number of ether oxygens (including phenoxy) is 1. The number of rotatable bonds is 8. The van der Waals surface area contributed by atoms with E-state index >= 15 is 0 Å². The van der Waals surface area contributed by atoms with Gasteiger partial charge in [-0.3, -0.25) is 4.79 Å². The van der Waals surface area contributed by atoms with E-state index in [0.29, 0.717) is 26.2 Å². The molecule has 1 aliphatic carbocycles. The molecule has 1 N–H and O–H groups in total. The van der Waals surface area contributed by atoms with E-state index in [9.17, 15) is 13.2 Å². The van der Waals surface area contributed by atoms with Gasteiger partial charge in [-0.1, -0.05) is 25.3 Å². The average Bonchev–Trinajstić information content (AvgIpc) is 2.74. The number of pyridine rings is 1. The zero-order chi connectivity index (χ0) is 19.8. The van der Waals surface area contributed by atoms with Crippen molar-refractivity contribution >= 4 is 21.7 Å². The number of carbonyl (C=O) groups excluding carboxylic acids is 1. The third-order valence-electron chi connectivity index (χ3n) is 5.29. The molecule has 2 fully saturated rings. The maximum absolute atomic E-state index is 12.5. The Labute approximate surface area is 167 Å². The lowest BCUT2D eigenvalue weighted by atomic mass is 9.98. The Bertz CT molecular complexity index is 715. The van der Waals surface area contributed by atoms with Crippen LogP contribution in [0.3, 0.4) is 0 Å². The fraction of sp³-hybridized carbons (Fsp3) is 0.684. The number of hydrogen-bond donors (Lipinski definition) is 1. The van der Waals surface area contributed by atoms with Crippen LogP contribution in [0.5, 0.6) is 0 Å². The predicted molar refractivity (Wildman–Crippen MR) is 108 cm³/mol. The second kappa shape index (κ2) is 10.2. The van der Waals surface area contributed by atoms with Crippen molar-refractivity contribution in [1.29, 1.82) is 0 Å². The van der Waals surface area contributed by atoms with Gasteiger partial charge >= 0.3 is 0 Å². The van der Waals surface area contributed by atoms with Gasteiger partial charge in [-0.2, -0.15) is 4.31 Å². The molecule has 0 unspecified atom stereocenters. The van der Waals surface area contributed by atoms with Crippen molar-refractivity contribution in [2.75, 3.05) is 50.0 Å². The fourth-order valence-corrected chi connectivity index (χ4v) is 5.00. The Morgan fingerprint density at radius 2 is 1.89 bits per heavy atom. The SMILES string of the molecule is O=C(COC1CCCCC1)NCCS(=O)(=O)N1CCN(c2ccccn2)CC1. The first-order valence-electron chi connectivity index (χ1n) is 10.1. The highest BCUT2D eigenvalue weighted by Crippen LogP contribution is 2.20. The van der Waals surface area contributed by atoms with Gasteiger partial charge < -0.3 is 15.0 Å². The Morgan fingerprint density at radius 1 is 1.14 bits per heavy atom. The summed E-state index contributed by atoms with van der Waals surface area (Å²) < 4.78 is 32.2. The number of hydrogen-bond acceptors (Lipinski definition) is 6. The van der Waals surface area contributed by atoms with Crippen LogP contribution in [0.4, 0.5) is 5.82 Å². The summed E-state index contributed by atoms with van der Waals surface area (Å²) >= 11 is 0. The summed E-state index contributed by atoms with van der Waals surface area (Å²) in [5.74, 6) is 0.525. The van der Waals surface area contributed by atoms with E-state index in [-0.39, 0.29) is 30.9 Å². The summed E-state index contributed by atoms with van der Waals surface area (Å²) in [4.78, 5) is 18.3. The van der Waals surface area contributed by atoms with Crippen LogP contribution in [-0.4, -0.2) is 74.8 Å². The number of nitrogens with one attached hydrogen (secondary N) is 1. The third kappa shape index (κ3) is 6.15. The van der Waals surface area contributed by atoms with Crippen LogP contribution in [0.2, 0.25) is 0 Å². The van der Waals surface area contributed by atoms with E-state index in [4.69, 9.17) is 4.74 Å². The highest BCUT2D eigenvalue weighted by atomic mass is 32.2. The number of piperazine rings is 1. The molecular weight excluding hydrogens is 380 g/mol. The van der Waals surface area contributed by atoms with E-state index in [1.165, 1.54) is 10.7 Å². The number of anilines is 1. The molecule has 0 spiro atoms. The van der Waals surface area contributed by atoms with Gasteiger partial charge in [-0.05, 0) is 25.0 Å². The molecule has 1 aromatic rings. The first-order chi connectivity index (χ1) is 13.5. The molecular formula is C19H30N4O4S. The number of aromatic nitrogens is 1. The predicted octanol–water partition coefficient (Wildman–Crippen LogP) is 0.999. The van der Waals surface area contributed by atoms with Crippen LogP contribution in [0.1, 0.15) is 32.1 Å². The number of carbonyl (C=O) groups is 1. The molecule has 1 amide bonds. The molecule has 1 aliphatic heterocycles. The molecule has 3 rings (SSSR count). The summed E-state index contributed by atoms with van der Waals surface area (Å²) in [5.41, 5.74) is 0. The molecule has 0 radical (unpaired) electrons. The van der Waals surface area contributed by atoms with Gasteiger partial charge in [0.15, 0.2) is 0 Å². The Balaban J connectivity index is 1.35. The lowest BCUT2D eigenvalue weighted by Crippen LogP contribution is -2.50. The molecule has 2 aliphatic rings. The molecule has 1 aromatic heterocycles. The van der Waals surface area contributed by atoms with Crippen LogP contribution in [0.15, 0.2) is 24.4 Å². The van der Waals surface area contributed by atoms with E-state index < -0.39 is 10.0 Å². The van der Waals surface area contributed by atoms with E-state index in [1.54, 1.807) is 6.20 Å². The largest absolute Gasteiger partial charge is 0.368 e. The fourth-order valence-electron chi connectivity index (χ4n) is 3.66. The van der Waals surface area contributed by atoms with E-state index in [0.717, 1.165) is 31.5 Å². The topological polar surface area (TPSA) is 91.8 Å². The van der Waals surface area contributed by atoms with Crippen molar-refractivity contribution in [3.8, 4) is 0 Å². The molecule has 2 heterocycles. The van der Waals surface area contributed by atoms with Crippen LogP contribution >= 0.6 is 0 Å². The second-order valence-corrected chi connectivity index (χ2v) is 9.40. The molecule has 156 valence electrons. The summed E-state index contributed by atoms with van der Waals surface area (Å²) in [5, 5.41) is 2.66. The van der Waals surface area contributed by atoms with E-state index in [1.807, 2.05) is 18.2 Å². The molecule has 9 heteroatoms. The van der Waals surface area contributed by atoms with Crippen molar-refractivity contribution < 1.29 is 17.9 Å². The summed E-state index contributed by atoms with van der Waals surface area (Å²) in [7, 11) is -3.39. The van der Waals surface area contributed by atoms with Crippen molar-refractivity contribution in [2.45, 2.75) is 38.2 Å². The van der Waals surface area contributed by atoms with Gasteiger partial charge in [0, 0.05) is 38.9 Å². The Kier molecular flexibility index (Phi) is 7.64. The molecule has 8 nitrogen and oxygen atoms in total. The van der Waals surface area contributed by atoms with Gasteiger partial charge in [-0.15, -0.1) is 0 Å². The lowest BCUT2D eigenvalue weighted by Gasteiger charge is -2.34. The Morgan fingerprint density at radius 3 is 2.57 bits per heavy atom. The van der Waals surface area contributed by atoms with Crippen molar-refractivity contribution in [2.24, 2.45) is 0 Å². The highest BCUT2D eigenvalue weighted by Gasteiger charge is 2.27. The van der Waals surface area contributed by atoms with Gasteiger partial charge in [0.2, 0.25) is 15.9 Å². The number of sulfonamides is 1. The zero-order valence-electron chi connectivity index (χ0n) is 16.3. The monoisotopic (exact) mass is 410 g/mol. The summed E-state index contributed by atoms with van der Waals surface area (Å²) in [6.45, 7) is 2.19. The van der Waals surface area contributed by atoms with Crippen molar-refractivity contribution in [3.05, 3.63) is 24.4 Å². The summed E-state index contributed by atoms with van der Waals surface area (Å²) in [6.07, 6.45) is 7.45. The highest BCUT2D eigenvalue weighted by molar-refractivity contribution is 7.89. The second-order valence-electron chi connectivity index (χ2n) is 7.31. The van der Waals surface area contributed by atoms with Gasteiger partial charge in [-0.25, -0.2) is 13.4 Å². The van der Waals surface area contributed by atoms with Gasteiger partial charge in [0.1, 0.15) is 12.4 Å². The minimum absolute atomic E-state index is 0.00740. The average molecular weight is 411 g/mol. The van der Waals surface area contributed by atoms with Crippen LogP contribution in [-0.2, 0) is 19.6 Å². The molecule has 0 atom stereocenters. The smallest absolute Gasteiger partial charge is 0.246 e. The zero-order valence-corrected chi connectivity index (χ0v) is 17.1. The van der Waals surface area contributed by atoms with Crippen LogP contribution < -0.4 is 10.2 Å². The lowest BCUT2D eigenvalue weighted by molar-refractivity contribution is -0.128. The van der Waals surface area contributed by atoms with Crippen molar-refractivity contribution in [1.82, 2.24) is 14.6 Å². The summed E-state index contributed by atoms with van der Waals surface area (Å²) in [6, 6.07) is 5.71. The molecule has 1 saturated heterocycles. The third-order valence-corrected chi connectivity index (χ3v) is 7.16. The van der Waals surface area contributed by atoms with E-state index in [2.05, 4.69) is 15.2 Å². The van der Waals surface area contributed by atoms with Gasteiger partial charge in [0.25, 0.3) is 0 Å². The normalized spacial score (nSPS) is 19.5. The minimum Gasteiger partial charge on any atom is -0.368 e. The minimum atomic E-state index is -3.39. The number of nitrogens with zero attached hydrogens (tertiary/aromatic N) is 3. The molecule has 28 heavy (non-hydrogen) atoms. The molecule has 0 bridgehead atoms. The number of amides is 1. The van der Waals surface area contributed by atoms with Gasteiger partial charge in [0.05, 0.1) is 11.9 Å². The molecule has 0 aromatic carbocycles.